The third kappa shape index (κ3) is 2.31. The van der Waals surface area contributed by atoms with Gasteiger partial charge in [0.1, 0.15) is 11.5 Å². The largest absolute Gasteiger partial charge is 0.497 e. The molecular weight excluding hydrogens is 268 g/mol. The highest BCUT2D eigenvalue weighted by molar-refractivity contribution is 5.93. The Morgan fingerprint density at radius 2 is 2.00 bits per heavy atom. The number of rotatable bonds is 3. The molecule has 2 aromatic carbocycles. The van der Waals surface area contributed by atoms with Crippen LogP contribution < -0.4 is 9.47 Å². The van der Waals surface area contributed by atoms with E-state index in [1.165, 1.54) is 5.56 Å². The van der Waals surface area contributed by atoms with Gasteiger partial charge < -0.3 is 14.6 Å². The molecule has 1 N–H and O–H groups in total. The Labute approximate surface area is 123 Å². The monoisotopic (exact) mass is 286 g/mol. The number of aryl methyl sites for hydroxylation is 1. The van der Waals surface area contributed by atoms with Crippen molar-refractivity contribution in [3.63, 3.8) is 0 Å². The fourth-order valence-electron chi connectivity index (χ4n) is 3.16. The number of hydrogen-bond acceptors (Lipinski definition) is 3. The number of hydrogen-bond donors (Lipinski definition) is 1. The van der Waals surface area contributed by atoms with Crippen LogP contribution >= 0.6 is 0 Å². The Hall–Kier alpha value is -2.23. The van der Waals surface area contributed by atoms with Crippen LogP contribution in [0.2, 0.25) is 0 Å². The quantitative estimate of drug-likeness (QED) is 0.942. The highest BCUT2D eigenvalue weighted by Crippen LogP contribution is 2.38. The predicted octanol–water partition coefficient (Wildman–Crippen LogP) is 3.05. The first kappa shape index (κ1) is 13.7. The number of carboxylic acid groups (broad SMARTS) is 1. The normalized spacial score (nSPS) is 17.3. The maximum atomic E-state index is 11.2. The molecular formula is C17H18O4. The van der Waals surface area contributed by atoms with Crippen LogP contribution in [-0.2, 0) is 17.6 Å². The van der Waals surface area contributed by atoms with Gasteiger partial charge in [0.15, 0.2) is 0 Å². The van der Waals surface area contributed by atoms with Crippen molar-refractivity contribution >= 4 is 16.7 Å². The van der Waals surface area contributed by atoms with Crippen LogP contribution in [0.5, 0.6) is 11.5 Å². The maximum Gasteiger partial charge on any atom is 0.306 e. The van der Waals surface area contributed by atoms with Crippen LogP contribution in [0.15, 0.2) is 24.3 Å². The van der Waals surface area contributed by atoms with E-state index in [-0.39, 0.29) is 5.92 Å². The first-order valence-electron chi connectivity index (χ1n) is 7.03. The van der Waals surface area contributed by atoms with E-state index < -0.39 is 5.97 Å². The highest BCUT2D eigenvalue weighted by atomic mass is 16.5. The number of carbonyl (C=O) groups is 1. The van der Waals surface area contributed by atoms with Gasteiger partial charge in [-0.3, -0.25) is 4.79 Å². The number of fused-ring (bicyclic) bond motifs is 3. The Morgan fingerprint density at radius 1 is 1.19 bits per heavy atom. The van der Waals surface area contributed by atoms with E-state index in [1.54, 1.807) is 14.2 Å². The third-order valence-electron chi connectivity index (χ3n) is 4.29. The molecule has 0 aliphatic heterocycles. The molecule has 0 spiro atoms. The topological polar surface area (TPSA) is 55.8 Å². The van der Waals surface area contributed by atoms with Crippen molar-refractivity contribution in [2.45, 2.75) is 19.3 Å². The molecule has 0 heterocycles. The van der Waals surface area contributed by atoms with Crippen LogP contribution in [0.25, 0.3) is 10.8 Å². The van der Waals surface area contributed by atoms with Crippen LogP contribution in [0.1, 0.15) is 17.5 Å². The van der Waals surface area contributed by atoms with Gasteiger partial charge in [0, 0.05) is 5.39 Å². The summed E-state index contributed by atoms with van der Waals surface area (Å²) in [6, 6.07) is 7.92. The summed E-state index contributed by atoms with van der Waals surface area (Å²) in [5, 5.41) is 11.4. The Balaban J connectivity index is 2.18. The Bertz CT molecular complexity index is 705. The van der Waals surface area contributed by atoms with E-state index in [2.05, 4.69) is 0 Å². The second kappa shape index (κ2) is 5.28. The van der Waals surface area contributed by atoms with Gasteiger partial charge in [-0.2, -0.15) is 0 Å². The molecule has 0 aromatic heterocycles. The molecule has 21 heavy (non-hydrogen) atoms. The van der Waals surface area contributed by atoms with Crippen molar-refractivity contribution in [3.8, 4) is 11.5 Å². The molecule has 0 saturated heterocycles. The van der Waals surface area contributed by atoms with E-state index in [1.807, 2.05) is 24.3 Å². The van der Waals surface area contributed by atoms with Crippen molar-refractivity contribution in [1.82, 2.24) is 0 Å². The van der Waals surface area contributed by atoms with Gasteiger partial charge in [-0.25, -0.2) is 0 Å². The van der Waals surface area contributed by atoms with E-state index in [0.29, 0.717) is 12.8 Å². The molecule has 2 aromatic rings. The third-order valence-corrected chi connectivity index (χ3v) is 4.29. The number of carboxylic acids is 1. The summed E-state index contributed by atoms with van der Waals surface area (Å²) in [5.74, 6) is 0.556. The molecule has 4 heteroatoms. The van der Waals surface area contributed by atoms with Crippen LogP contribution in [0.4, 0.5) is 0 Å². The van der Waals surface area contributed by atoms with E-state index in [0.717, 1.165) is 34.3 Å². The van der Waals surface area contributed by atoms with Crippen molar-refractivity contribution < 1.29 is 19.4 Å². The minimum atomic E-state index is -0.713. The zero-order valence-electron chi connectivity index (χ0n) is 12.2. The van der Waals surface area contributed by atoms with E-state index >= 15 is 0 Å². The molecule has 3 rings (SSSR count). The average Bonchev–Trinajstić information content (AvgIpc) is 2.52. The fraction of sp³-hybridized carbons (Fsp3) is 0.353. The van der Waals surface area contributed by atoms with Crippen LogP contribution in [-0.4, -0.2) is 25.3 Å². The molecule has 1 unspecified atom stereocenters. The molecule has 0 fully saturated rings. The van der Waals surface area contributed by atoms with Gasteiger partial charge in [-0.05, 0) is 54.0 Å². The fourth-order valence-corrected chi connectivity index (χ4v) is 3.16. The molecule has 0 radical (unpaired) electrons. The molecule has 0 amide bonds. The van der Waals surface area contributed by atoms with Gasteiger partial charge >= 0.3 is 5.97 Å². The van der Waals surface area contributed by atoms with Crippen LogP contribution in [0, 0.1) is 5.92 Å². The summed E-state index contributed by atoms with van der Waals surface area (Å²) in [6.45, 7) is 0. The second-order valence-corrected chi connectivity index (χ2v) is 5.41. The molecule has 0 bridgehead atoms. The molecule has 0 saturated carbocycles. The summed E-state index contributed by atoms with van der Waals surface area (Å²) >= 11 is 0. The van der Waals surface area contributed by atoms with Crippen molar-refractivity contribution in [2.24, 2.45) is 5.92 Å². The first-order valence-corrected chi connectivity index (χ1v) is 7.03. The standard InChI is InChI=1S/C17H18O4/c1-20-12-4-6-14-13-5-3-10(17(18)19)7-11(13)8-16(21-2)15(14)9-12/h4,6,8-10H,3,5,7H2,1-2H3,(H,18,19). The van der Waals surface area contributed by atoms with Crippen molar-refractivity contribution in [3.05, 3.63) is 35.4 Å². The van der Waals surface area contributed by atoms with E-state index in [4.69, 9.17) is 9.47 Å². The SMILES string of the molecule is COc1ccc2c3c(cc(OC)c2c1)CC(C(=O)O)CC3. The van der Waals surface area contributed by atoms with Crippen LogP contribution in [0.3, 0.4) is 0 Å². The summed E-state index contributed by atoms with van der Waals surface area (Å²) in [7, 11) is 3.28. The lowest BCUT2D eigenvalue weighted by Gasteiger charge is -2.24. The molecule has 110 valence electrons. The summed E-state index contributed by atoms with van der Waals surface area (Å²) in [5.41, 5.74) is 2.33. The van der Waals surface area contributed by atoms with Crippen molar-refractivity contribution in [1.29, 1.82) is 0 Å². The zero-order valence-corrected chi connectivity index (χ0v) is 12.2. The second-order valence-electron chi connectivity index (χ2n) is 5.41. The van der Waals surface area contributed by atoms with Gasteiger partial charge in [0.05, 0.1) is 20.1 Å². The molecule has 1 aliphatic carbocycles. The lowest BCUT2D eigenvalue weighted by molar-refractivity contribution is -0.142. The molecule has 1 aliphatic rings. The zero-order chi connectivity index (χ0) is 15.0. The smallest absolute Gasteiger partial charge is 0.306 e. The first-order chi connectivity index (χ1) is 10.1. The average molecular weight is 286 g/mol. The summed E-state index contributed by atoms with van der Waals surface area (Å²) in [6.07, 6.45) is 2.05. The Kier molecular flexibility index (Phi) is 3.45. The van der Waals surface area contributed by atoms with Gasteiger partial charge in [0.2, 0.25) is 0 Å². The Morgan fingerprint density at radius 3 is 2.67 bits per heavy atom. The maximum absolute atomic E-state index is 11.2. The molecule has 1 atom stereocenters. The van der Waals surface area contributed by atoms with Gasteiger partial charge in [0.25, 0.3) is 0 Å². The highest BCUT2D eigenvalue weighted by Gasteiger charge is 2.26. The number of ether oxygens (including phenoxy) is 2. The number of benzene rings is 2. The number of aliphatic carboxylic acids is 1. The molecule has 4 nitrogen and oxygen atoms in total. The minimum Gasteiger partial charge on any atom is -0.497 e. The summed E-state index contributed by atoms with van der Waals surface area (Å²) in [4.78, 5) is 11.2. The summed E-state index contributed by atoms with van der Waals surface area (Å²) < 4.78 is 10.8. The minimum absolute atomic E-state index is 0.294. The lowest BCUT2D eigenvalue weighted by atomic mass is 9.81. The van der Waals surface area contributed by atoms with Crippen molar-refractivity contribution in [2.75, 3.05) is 14.2 Å². The lowest BCUT2D eigenvalue weighted by Crippen LogP contribution is -2.22. The van der Waals surface area contributed by atoms with E-state index in [9.17, 15) is 9.90 Å². The predicted molar refractivity (Wildman–Crippen MR) is 80.2 cm³/mol. The number of methoxy groups -OCH3 is 2. The van der Waals surface area contributed by atoms with Gasteiger partial charge in [-0.1, -0.05) is 6.07 Å². The van der Waals surface area contributed by atoms with Gasteiger partial charge in [-0.15, -0.1) is 0 Å².